The molecule has 0 radical (unpaired) electrons. The number of ether oxygens (including phenoxy) is 2. The van der Waals surface area contributed by atoms with E-state index in [9.17, 15) is 9.59 Å². The maximum Gasteiger partial charge on any atom is 0.335 e. The molecule has 5 nitrogen and oxygen atoms in total. The van der Waals surface area contributed by atoms with E-state index in [1.807, 2.05) is 6.07 Å². The molecule has 0 unspecified atom stereocenters. The van der Waals surface area contributed by atoms with Gasteiger partial charge in [-0.1, -0.05) is 31.9 Å². The Bertz CT molecular complexity index is 823. The number of benzene rings is 2. The Kier molecular flexibility index (Phi) is 6.12. The summed E-state index contributed by atoms with van der Waals surface area (Å²) in [6.45, 7) is 3.04. The second-order valence-corrected chi connectivity index (χ2v) is 6.73. The quantitative estimate of drug-likeness (QED) is 0.652. The van der Waals surface area contributed by atoms with Gasteiger partial charge in [0.15, 0.2) is 17.3 Å². The van der Waals surface area contributed by atoms with Crippen LogP contribution in [0.1, 0.15) is 64.4 Å². The summed E-state index contributed by atoms with van der Waals surface area (Å²) in [5.41, 5.74) is 2.82. The summed E-state index contributed by atoms with van der Waals surface area (Å²) in [5, 5.41) is 8.98. The van der Waals surface area contributed by atoms with Gasteiger partial charge in [-0.25, -0.2) is 4.79 Å². The van der Waals surface area contributed by atoms with Crippen molar-refractivity contribution in [2.75, 3.05) is 6.61 Å². The highest BCUT2D eigenvalue weighted by molar-refractivity contribution is 6.01. The van der Waals surface area contributed by atoms with Gasteiger partial charge in [0, 0.05) is 12.0 Å². The molecule has 2 aromatic rings. The van der Waals surface area contributed by atoms with Crippen LogP contribution >= 0.6 is 0 Å². The van der Waals surface area contributed by atoms with Crippen molar-refractivity contribution in [3.05, 3.63) is 58.7 Å². The Hall–Kier alpha value is -2.82. The Labute approximate surface area is 158 Å². The standard InChI is InChI=1S/C22H24O5/c1-2-3-4-11-26-20-12-17-9-10-19(23)18(17)13-21(20)27-14-15-5-7-16(8-6-15)22(24)25/h5-8,12-13H,2-4,9-11,14H2,1H3,(H,24,25). The molecule has 0 atom stereocenters. The summed E-state index contributed by atoms with van der Waals surface area (Å²) in [6, 6.07) is 10.3. The topological polar surface area (TPSA) is 72.8 Å². The van der Waals surface area contributed by atoms with Gasteiger partial charge in [0.05, 0.1) is 12.2 Å². The highest BCUT2D eigenvalue weighted by Gasteiger charge is 2.23. The fraction of sp³-hybridized carbons (Fsp3) is 0.364. The molecule has 0 aliphatic heterocycles. The fourth-order valence-electron chi connectivity index (χ4n) is 3.12. The van der Waals surface area contributed by atoms with Gasteiger partial charge < -0.3 is 14.6 Å². The van der Waals surface area contributed by atoms with Gasteiger partial charge in [-0.15, -0.1) is 0 Å². The largest absolute Gasteiger partial charge is 0.490 e. The van der Waals surface area contributed by atoms with Gasteiger partial charge in [0.2, 0.25) is 0 Å². The summed E-state index contributed by atoms with van der Waals surface area (Å²) in [4.78, 5) is 23.0. The number of carbonyl (C=O) groups excluding carboxylic acids is 1. The zero-order valence-corrected chi connectivity index (χ0v) is 15.5. The lowest BCUT2D eigenvalue weighted by atomic mass is 10.1. The van der Waals surface area contributed by atoms with Crippen LogP contribution in [0.15, 0.2) is 36.4 Å². The molecule has 0 spiro atoms. The predicted octanol–water partition coefficient (Wildman–Crippen LogP) is 4.66. The van der Waals surface area contributed by atoms with Crippen LogP contribution in [0.5, 0.6) is 11.5 Å². The molecule has 0 saturated heterocycles. The van der Waals surface area contributed by atoms with Crippen molar-refractivity contribution in [1.82, 2.24) is 0 Å². The molecule has 2 aromatic carbocycles. The Balaban J connectivity index is 1.74. The minimum Gasteiger partial charge on any atom is -0.490 e. The zero-order chi connectivity index (χ0) is 19.2. The number of aromatic carboxylic acids is 1. The Morgan fingerprint density at radius 1 is 1.04 bits per heavy atom. The number of aryl methyl sites for hydroxylation is 1. The number of carboxylic acids is 1. The molecule has 0 aromatic heterocycles. The van der Waals surface area contributed by atoms with E-state index >= 15 is 0 Å². The number of Topliss-reactive ketones (excluding diaryl/α,β-unsaturated/α-hetero) is 1. The van der Waals surface area contributed by atoms with Crippen LogP contribution in [0.4, 0.5) is 0 Å². The minimum absolute atomic E-state index is 0.137. The molecular weight excluding hydrogens is 344 g/mol. The van der Waals surface area contributed by atoms with Crippen molar-refractivity contribution in [2.24, 2.45) is 0 Å². The van der Waals surface area contributed by atoms with E-state index in [0.29, 0.717) is 30.1 Å². The Morgan fingerprint density at radius 3 is 2.48 bits per heavy atom. The first-order valence-electron chi connectivity index (χ1n) is 9.36. The van der Waals surface area contributed by atoms with E-state index in [2.05, 4.69) is 6.92 Å². The van der Waals surface area contributed by atoms with Crippen molar-refractivity contribution < 1.29 is 24.2 Å². The van der Waals surface area contributed by atoms with Gasteiger partial charge in [-0.3, -0.25) is 4.79 Å². The van der Waals surface area contributed by atoms with Crippen molar-refractivity contribution >= 4 is 11.8 Å². The van der Waals surface area contributed by atoms with Gasteiger partial charge in [-0.2, -0.15) is 0 Å². The van der Waals surface area contributed by atoms with E-state index < -0.39 is 5.97 Å². The first-order chi connectivity index (χ1) is 13.1. The fourth-order valence-corrected chi connectivity index (χ4v) is 3.12. The third-order valence-corrected chi connectivity index (χ3v) is 4.69. The van der Waals surface area contributed by atoms with Crippen molar-refractivity contribution in [3.8, 4) is 11.5 Å². The molecule has 3 rings (SSSR count). The molecule has 27 heavy (non-hydrogen) atoms. The summed E-state index contributed by atoms with van der Waals surface area (Å²) >= 11 is 0. The number of fused-ring (bicyclic) bond motifs is 1. The van der Waals surface area contributed by atoms with Gasteiger partial charge >= 0.3 is 5.97 Å². The van der Waals surface area contributed by atoms with E-state index in [-0.39, 0.29) is 18.0 Å². The van der Waals surface area contributed by atoms with Crippen molar-refractivity contribution in [2.45, 2.75) is 45.6 Å². The van der Waals surface area contributed by atoms with Gasteiger partial charge in [0.1, 0.15) is 6.61 Å². The summed E-state index contributed by atoms with van der Waals surface area (Å²) in [5.74, 6) is 0.407. The van der Waals surface area contributed by atoms with E-state index in [0.717, 1.165) is 36.8 Å². The molecule has 5 heteroatoms. The predicted molar refractivity (Wildman–Crippen MR) is 102 cm³/mol. The summed E-state index contributed by atoms with van der Waals surface area (Å²) in [7, 11) is 0. The second kappa shape index (κ2) is 8.71. The molecule has 1 aliphatic carbocycles. The van der Waals surface area contributed by atoms with Gasteiger partial charge in [-0.05, 0) is 48.2 Å². The molecule has 0 saturated carbocycles. The first-order valence-corrected chi connectivity index (χ1v) is 9.36. The van der Waals surface area contributed by atoms with Crippen LogP contribution in [0.2, 0.25) is 0 Å². The number of carbonyl (C=O) groups is 2. The maximum absolute atomic E-state index is 12.1. The monoisotopic (exact) mass is 368 g/mol. The van der Waals surface area contributed by atoms with E-state index in [1.165, 1.54) is 0 Å². The number of carboxylic acid groups (broad SMARTS) is 1. The molecule has 142 valence electrons. The first kappa shape index (κ1) is 19.0. The van der Waals surface area contributed by atoms with Crippen LogP contribution in [0.25, 0.3) is 0 Å². The number of unbranched alkanes of at least 4 members (excludes halogenated alkanes) is 2. The lowest BCUT2D eigenvalue weighted by Crippen LogP contribution is -2.04. The molecule has 0 amide bonds. The average Bonchev–Trinajstić information content (AvgIpc) is 3.03. The minimum atomic E-state index is -0.956. The number of hydrogen-bond donors (Lipinski definition) is 1. The van der Waals surface area contributed by atoms with Crippen LogP contribution in [0.3, 0.4) is 0 Å². The number of hydrogen-bond acceptors (Lipinski definition) is 4. The van der Waals surface area contributed by atoms with Crippen LogP contribution < -0.4 is 9.47 Å². The molecular formula is C22H24O5. The Morgan fingerprint density at radius 2 is 1.78 bits per heavy atom. The van der Waals surface area contributed by atoms with Crippen molar-refractivity contribution in [1.29, 1.82) is 0 Å². The zero-order valence-electron chi connectivity index (χ0n) is 15.5. The average molecular weight is 368 g/mol. The smallest absolute Gasteiger partial charge is 0.335 e. The van der Waals surface area contributed by atoms with E-state index in [4.69, 9.17) is 14.6 Å². The molecule has 1 N–H and O–H groups in total. The normalized spacial score (nSPS) is 12.7. The number of rotatable bonds is 9. The third-order valence-electron chi connectivity index (χ3n) is 4.69. The van der Waals surface area contributed by atoms with Crippen LogP contribution in [-0.2, 0) is 13.0 Å². The molecule has 1 aliphatic rings. The summed E-state index contributed by atoms with van der Waals surface area (Å²) < 4.78 is 11.9. The lowest BCUT2D eigenvalue weighted by Gasteiger charge is -2.15. The number of ketones is 1. The highest BCUT2D eigenvalue weighted by atomic mass is 16.5. The SMILES string of the molecule is CCCCCOc1cc2c(cc1OCc1ccc(C(=O)O)cc1)C(=O)CC2. The molecule has 0 bridgehead atoms. The van der Waals surface area contributed by atoms with Crippen LogP contribution in [0, 0.1) is 0 Å². The lowest BCUT2D eigenvalue weighted by molar-refractivity contribution is 0.0696. The highest BCUT2D eigenvalue weighted by Crippen LogP contribution is 2.35. The second-order valence-electron chi connectivity index (χ2n) is 6.73. The molecule has 0 heterocycles. The summed E-state index contributed by atoms with van der Waals surface area (Å²) in [6.07, 6.45) is 4.48. The van der Waals surface area contributed by atoms with Gasteiger partial charge in [0.25, 0.3) is 0 Å². The van der Waals surface area contributed by atoms with Crippen LogP contribution in [-0.4, -0.2) is 23.5 Å². The molecule has 0 fully saturated rings. The third kappa shape index (κ3) is 4.67. The van der Waals surface area contributed by atoms with E-state index in [1.54, 1.807) is 30.3 Å². The van der Waals surface area contributed by atoms with Crippen molar-refractivity contribution in [3.63, 3.8) is 0 Å². The maximum atomic E-state index is 12.1.